The van der Waals surface area contributed by atoms with Crippen LogP contribution in [-0.4, -0.2) is 47.4 Å². The fourth-order valence-corrected chi connectivity index (χ4v) is 13.5. The van der Waals surface area contributed by atoms with Crippen LogP contribution < -0.4 is 5.32 Å². The quantitative estimate of drug-likeness (QED) is 0.0320. The van der Waals surface area contributed by atoms with E-state index >= 15 is 0 Å². The lowest BCUT2D eigenvalue weighted by Crippen LogP contribution is -2.45. The zero-order chi connectivity index (χ0) is 66.3. The van der Waals surface area contributed by atoms with Gasteiger partial charge in [-0.3, -0.25) is 9.59 Å². The first-order chi connectivity index (χ1) is 45.5. The SMILES string of the molecule is CCCCCCCCC/C=C\CCCCCCCCCC(=O)OCCCCCCCCCCCCCC/C=C\CCCCCCCCCCCCCCCCCCCC(=O)NC(CO)C(O)/C=C/CCCCCCCCCCCCCCCCCCCCCCCC. The molecule has 0 aliphatic rings. The van der Waals surface area contributed by atoms with E-state index in [2.05, 4.69) is 43.5 Å². The third kappa shape index (κ3) is 77.1. The maximum Gasteiger partial charge on any atom is 0.305 e. The second-order valence-electron chi connectivity index (χ2n) is 29.2. The number of ether oxygens (including phenoxy) is 1. The lowest BCUT2D eigenvalue weighted by Gasteiger charge is -2.20. The smallest absolute Gasteiger partial charge is 0.305 e. The third-order valence-corrected chi connectivity index (χ3v) is 19.9. The summed E-state index contributed by atoms with van der Waals surface area (Å²) >= 11 is 0. The number of aliphatic hydroxyl groups is 2. The summed E-state index contributed by atoms with van der Waals surface area (Å²) in [7, 11) is 0. The van der Waals surface area contributed by atoms with Gasteiger partial charge >= 0.3 is 5.97 Å². The van der Waals surface area contributed by atoms with E-state index in [0.29, 0.717) is 19.4 Å². The van der Waals surface area contributed by atoms with Gasteiger partial charge in [-0.2, -0.15) is 0 Å². The van der Waals surface area contributed by atoms with Crippen molar-refractivity contribution in [3.05, 3.63) is 36.5 Å². The molecular formula is C86H165NO5. The fourth-order valence-electron chi connectivity index (χ4n) is 13.5. The van der Waals surface area contributed by atoms with Gasteiger partial charge in [-0.05, 0) is 83.5 Å². The van der Waals surface area contributed by atoms with Gasteiger partial charge in [0.05, 0.1) is 25.4 Å². The number of esters is 1. The van der Waals surface area contributed by atoms with Gasteiger partial charge in [0.2, 0.25) is 5.91 Å². The molecular weight excluding hydrogens is 1130 g/mol. The number of amides is 1. The number of carbonyl (C=O) groups is 2. The molecule has 1 amide bonds. The Labute approximate surface area is 576 Å². The Balaban J connectivity index is 3.37. The van der Waals surface area contributed by atoms with Crippen molar-refractivity contribution in [1.82, 2.24) is 5.32 Å². The number of aliphatic hydroxyl groups excluding tert-OH is 2. The van der Waals surface area contributed by atoms with E-state index in [1.54, 1.807) is 6.08 Å². The summed E-state index contributed by atoms with van der Waals surface area (Å²) in [6, 6.07) is -0.627. The van der Waals surface area contributed by atoms with Crippen molar-refractivity contribution in [2.24, 2.45) is 0 Å². The van der Waals surface area contributed by atoms with Crippen LogP contribution in [0.15, 0.2) is 36.5 Å². The van der Waals surface area contributed by atoms with Crippen LogP contribution in [0.3, 0.4) is 0 Å². The first-order valence-corrected chi connectivity index (χ1v) is 42.3. The average Bonchev–Trinajstić information content (AvgIpc) is 3.77. The molecule has 0 saturated carbocycles. The average molecular weight is 1290 g/mol. The first kappa shape index (κ1) is 90.1. The van der Waals surface area contributed by atoms with Crippen LogP contribution in [0.2, 0.25) is 0 Å². The van der Waals surface area contributed by atoms with Crippen molar-refractivity contribution in [3.63, 3.8) is 0 Å². The molecule has 0 aliphatic carbocycles. The highest BCUT2D eigenvalue weighted by atomic mass is 16.5. The fraction of sp³-hybridized carbons (Fsp3) is 0.907. The largest absolute Gasteiger partial charge is 0.466 e. The molecule has 544 valence electrons. The second kappa shape index (κ2) is 81.5. The molecule has 0 aromatic rings. The number of rotatable bonds is 80. The maximum absolute atomic E-state index is 12.6. The van der Waals surface area contributed by atoms with Crippen LogP contribution in [0.1, 0.15) is 476 Å². The summed E-state index contributed by atoms with van der Waals surface area (Å²) in [4.78, 5) is 24.7. The van der Waals surface area contributed by atoms with Gasteiger partial charge < -0.3 is 20.3 Å². The number of unbranched alkanes of at least 4 members (excludes halogenated alkanes) is 65. The van der Waals surface area contributed by atoms with Crippen LogP contribution in [0.5, 0.6) is 0 Å². The summed E-state index contributed by atoms with van der Waals surface area (Å²) in [6.07, 6.45) is 107. The molecule has 0 radical (unpaired) electrons. The maximum atomic E-state index is 12.6. The van der Waals surface area contributed by atoms with Crippen molar-refractivity contribution >= 4 is 11.9 Å². The van der Waals surface area contributed by atoms with Crippen LogP contribution >= 0.6 is 0 Å². The second-order valence-corrected chi connectivity index (χ2v) is 29.2. The predicted octanol–water partition coefficient (Wildman–Crippen LogP) is 28.2. The zero-order valence-corrected chi connectivity index (χ0v) is 62.6. The standard InChI is InChI=1S/C86H165NO5/c1-3-5-7-9-11-13-15-17-19-21-23-24-25-37-40-43-46-50-54-58-62-66-70-74-78-84(89)83(82-88)87-85(90)79-75-71-67-63-59-55-51-47-44-41-38-35-33-31-29-27-26-28-30-32-34-36-39-42-45-49-53-57-61-65-69-73-77-81-92-86(91)80-76-72-68-64-60-56-52-48-22-20-18-16-14-12-10-8-6-4-2/h20,22,30,32,74,78,83-84,88-89H,3-19,21,23-29,31,33-73,75-77,79-82H2,1-2H3,(H,87,90)/b22-20-,32-30-,78-74+. The Morgan fingerprint density at radius 2 is 0.511 bits per heavy atom. The molecule has 0 aromatic heterocycles. The van der Waals surface area contributed by atoms with Crippen molar-refractivity contribution in [1.29, 1.82) is 0 Å². The van der Waals surface area contributed by atoms with Gasteiger partial charge in [-0.15, -0.1) is 0 Å². The highest BCUT2D eigenvalue weighted by Crippen LogP contribution is 2.20. The highest BCUT2D eigenvalue weighted by Gasteiger charge is 2.18. The summed E-state index contributed by atoms with van der Waals surface area (Å²) < 4.78 is 5.51. The Morgan fingerprint density at radius 1 is 0.293 bits per heavy atom. The van der Waals surface area contributed by atoms with E-state index in [1.807, 2.05) is 6.08 Å². The van der Waals surface area contributed by atoms with E-state index in [0.717, 1.165) is 44.9 Å². The van der Waals surface area contributed by atoms with Crippen LogP contribution in [-0.2, 0) is 14.3 Å². The Hall–Kier alpha value is -1.92. The number of hydrogen-bond acceptors (Lipinski definition) is 5. The first-order valence-electron chi connectivity index (χ1n) is 42.3. The normalized spacial score (nSPS) is 12.6. The van der Waals surface area contributed by atoms with Gasteiger partial charge in [0.15, 0.2) is 0 Å². The molecule has 0 aromatic carbocycles. The van der Waals surface area contributed by atoms with Gasteiger partial charge in [0.1, 0.15) is 0 Å². The molecule has 0 bridgehead atoms. The molecule has 6 nitrogen and oxygen atoms in total. The summed E-state index contributed by atoms with van der Waals surface area (Å²) in [6.45, 7) is 4.96. The molecule has 0 spiro atoms. The van der Waals surface area contributed by atoms with Gasteiger partial charge in [-0.1, -0.05) is 416 Å². The van der Waals surface area contributed by atoms with Gasteiger partial charge in [0, 0.05) is 12.8 Å². The van der Waals surface area contributed by atoms with Crippen molar-refractivity contribution in [3.8, 4) is 0 Å². The van der Waals surface area contributed by atoms with E-state index in [9.17, 15) is 19.8 Å². The lowest BCUT2D eigenvalue weighted by atomic mass is 10.0. The highest BCUT2D eigenvalue weighted by molar-refractivity contribution is 5.76. The molecule has 0 rings (SSSR count). The van der Waals surface area contributed by atoms with Crippen LogP contribution in [0.25, 0.3) is 0 Å². The number of carbonyl (C=O) groups excluding carboxylic acids is 2. The Bertz CT molecular complexity index is 1490. The molecule has 0 heterocycles. The molecule has 2 atom stereocenters. The van der Waals surface area contributed by atoms with Gasteiger partial charge in [0.25, 0.3) is 0 Å². The van der Waals surface area contributed by atoms with E-state index in [1.165, 1.54) is 405 Å². The summed E-state index contributed by atoms with van der Waals surface area (Å²) in [5, 5.41) is 23.3. The van der Waals surface area contributed by atoms with E-state index < -0.39 is 12.1 Å². The molecule has 0 saturated heterocycles. The summed E-state index contributed by atoms with van der Waals surface area (Å²) in [5.41, 5.74) is 0. The van der Waals surface area contributed by atoms with E-state index in [-0.39, 0.29) is 18.5 Å². The van der Waals surface area contributed by atoms with Crippen molar-refractivity contribution in [2.75, 3.05) is 13.2 Å². The monoisotopic (exact) mass is 1290 g/mol. The number of nitrogens with one attached hydrogen (secondary N) is 1. The van der Waals surface area contributed by atoms with Crippen molar-refractivity contribution < 1.29 is 24.5 Å². The van der Waals surface area contributed by atoms with Crippen molar-refractivity contribution in [2.45, 2.75) is 488 Å². The molecule has 6 heteroatoms. The number of allylic oxidation sites excluding steroid dienone is 5. The molecule has 2 unspecified atom stereocenters. The van der Waals surface area contributed by atoms with Gasteiger partial charge in [-0.25, -0.2) is 0 Å². The summed E-state index contributed by atoms with van der Waals surface area (Å²) in [5.74, 6) is -0.0431. The number of hydrogen-bond donors (Lipinski definition) is 3. The minimum absolute atomic E-state index is 0.0165. The lowest BCUT2D eigenvalue weighted by molar-refractivity contribution is -0.143. The molecule has 0 aliphatic heterocycles. The van der Waals surface area contributed by atoms with Crippen LogP contribution in [0.4, 0.5) is 0 Å². The molecule has 92 heavy (non-hydrogen) atoms. The molecule has 0 fully saturated rings. The van der Waals surface area contributed by atoms with E-state index in [4.69, 9.17) is 4.74 Å². The minimum Gasteiger partial charge on any atom is -0.466 e. The Kier molecular flexibility index (Phi) is 79.8. The third-order valence-electron chi connectivity index (χ3n) is 19.9. The zero-order valence-electron chi connectivity index (χ0n) is 62.6. The van der Waals surface area contributed by atoms with Crippen LogP contribution in [0, 0.1) is 0 Å². The predicted molar refractivity (Wildman–Crippen MR) is 407 cm³/mol. The Morgan fingerprint density at radius 3 is 0.772 bits per heavy atom. The minimum atomic E-state index is -0.844. The topological polar surface area (TPSA) is 95.9 Å². The molecule has 3 N–H and O–H groups in total.